The molecule has 1 aliphatic heterocycles. The van der Waals surface area contributed by atoms with Gasteiger partial charge in [-0.05, 0) is 79.2 Å². The third-order valence-electron chi connectivity index (χ3n) is 6.23. The summed E-state index contributed by atoms with van der Waals surface area (Å²) in [5.41, 5.74) is 5.65. The maximum Gasteiger partial charge on any atom is 0.251 e. The number of hydrogen-bond acceptors (Lipinski definition) is 2. The second-order valence-electron chi connectivity index (χ2n) is 8.37. The molecule has 3 aromatic rings. The minimum absolute atomic E-state index is 0.00862. The molecule has 160 valence electrons. The number of benzene rings is 3. The van der Waals surface area contributed by atoms with Crippen LogP contribution in [-0.2, 0) is 13.1 Å². The number of carbonyl (C=O) groups is 1. The summed E-state index contributed by atoms with van der Waals surface area (Å²) in [4.78, 5) is 15.2. The van der Waals surface area contributed by atoms with Crippen LogP contribution < -0.4 is 5.32 Å². The molecular weight excluding hydrogens is 404 g/mol. The van der Waals surface area contributed by atoms with E-state index in [2.05, 4.69) is 46.6 Å². The standard InChI is InChI=1S/C27H29ClN2O/c1-20-6-2-4-8-25(20)27(31)29-18-23-7-3-5-9-26(23)22-14-16-30(17-15-22)19-21-10-12-24(28)13-11-21/h2-13,22H,14-19H2,1H3,(H,29,31). The molecule has 3 nitrogen and oxygen atoms in total. The lowest BCUT2D eigenvalue weighted by molar-refractivity contribution is 0.0950. The van der Waals surface area contributed by atoms with Gasteiger partial charge in [-0.1, -0.05) is 66.2 Å². The van der Waals surface area contributed by atoms with E-state index in [-0.39, 0.29) is 5.91 Å². The Hall–Kier alpha value is -2.62. The monoisotopic (exact) mass is 432 g/mol. The van der Waals surface area contributed by atoms with E-state index in [1.165, 1.54) is 16.7 Å². The molecule has 0 radical (unpaired) electrons. The first-order valence-corrected chi connectivity index (χ1v) is 11.4. The molecule has 0 atom stereocenters. The highest BCUT2D eigenvalue weighted by atomic mass is 35.5. The van der Waals surface area contributed by atoms with Crippen LogP contribution in [0.1, 0.15) is 51.4 Å². The fourth-order valence-corrected chi connectivity index (χ4v) is 4.57. The van der Waals surface area contributed by atoms with Gasteiger partial charge < -0.3 is 5.32 Å². The van der Waals surface area contributed by atoms with Crippen LogP contribution in [-0.4, -0.2) is 23.9 Å². The zero-order chi connectivity index (χ0) is 21.6. The molecule has 0 spiro atoms. The number of aryl methyl sites for hydroxylation is 1. The first kappa shape index (κ1) is 21.6. The highest BCUT2D eigenvalue weighted by Gasteiger charge is 2.22. The maximum atomic E-state index is 12.6. The van der Waals surface area contributed by atoms with Gasteiger partial charge in [-0.25, -0.2) is 0 Å². The Morgan fingerprint density at radius 1 is 0.968 bits per heavy atom. The summed E-state index contributed by atoms with van der Waals surface area (Å²) in [5, 5.41) is 3.91. The predicted octanol–water partition coefficient (Wildman–Crippen LogP) is 5.96. The summed E-state index contributed by atoms with van der Waals surface area (Å²) < 4.78 is 0. The van der Waals surface area contributed by atoms with E-state index >= 15 is 0 Å². The molecule has 1 saturated heterocycles. The van der Waals surface area contributed by atoms with E-state index in [1.54, 1.807) is 0 Å². The minimum atomic E-state index is -0.00862. The summed E-state index contributed by atoms with van der Waals surface area (Å²) in [5.74, 6) is 0.527. The number of rotatable bonds is 6. The Morgan fingerprint density at radius 2 is 1.65 bits per heavy atom. The van der Waals surface area contributed by atoms with Crippen molar-refractivity contribution >= 4 is 17.5 Å². The fourth-order valence-electron chi connectivity index (χ4n) is 4.44. The third kappa shape index (κ3) is 5.55. The highest BCUT2D eigenvalue weighted by Crippen LogP contribution is 2.31. The molecule has 1 heterocycles. The molecular formula is C27H29ClN2O. The van der Waals surface area contributed by atoms with Crippen molar-refractivity contribution in [3.63, 3.8) is 0 Å². The van der Waals surface area contributed by atoms with E-state index in [0.29, 0.717) is 12.5 Å². The number of carbonyl (C=O) groups excluding carboxylic acids is 1. The molecule has 4 rings (SSSR count). The van der Waals surface area contributed by atoms with Crippen LogP contribution in [0.3, 0.4) is 0 Å². The van der Waals surface area contributed by atoms with Gasteiger partial charge in [0.2, 0.25) is 0 Å². The Bertz CT molecular complexity index is 1020. The molecule has 0 saturated carbocycles. The molecule has 0 unspecified atom stereocenters. The Morgan fingerprint density at radius 3 is 2.39 bits per heavy atom. The van der Waals surface area contributed by atoms with E-state index < -0.39 is 0 Å². The van der Waals surface area contributed by atoms with Crippen LogP contribution in [0.5, 0.6) is 0 Å². The van der Waals surface area contributed by atoms with Crippen molar-refractivity contribution in [2.24, 2.45) is 0 Å². The maximum absolute atomic E-state index is 12.6. The Labute approximate surface area is 190 Å². The highest BCUT2D eigenvalue weighted by molar-refractivity contribution is 6.30. The third-order valence-corrected chi connectivity index (χ3v) is 6.48. The largest absolute Gasteiger partial charge is 0.348 e. The first-order valence-electron chi connectivity index (χ1n) is 11.0. The van der Waals surface area contributed by atoms with Gasteiger partial charge in [-0.3, -0.25) is 9.69 Å². The van der Waals surface area contributed by atoms with Gasteiger partial charge in [0, 0.05) is 23.7 Å². The average Bonchev–Trinajstić information content (AvgIpc) is 2.80. The number of halogens is 1. The topological polar surface area (TPSA) is 32.3 Å². The lowest BCUT2D eigenvalue weighted by Crippen LogP contribution is -2.33. The van der Waals surface area contributed by atoms with Crippen molar-refractivity contribution in [2.45, 2.75) is 38.8 Å². The molecule has 3 aromatic carbocycles. The van der Waals surface area contributed by atoms with Crippen molar-refractivity contribution in [1.29, 1.82) is 0 Å². The lowest BCUT2D eigenvalue weighted by Gasteiger charge is -2.33. The Kier molecular flexibility index (Phi) is 7.06. The quantitative estimate of drug-likeness (QED) is 0.521. The molecule has 1 aliphatic rings. The molecule has 0 bridgehead atoms. The molecule has 0 aliphatic carbocycles. The average molecular weight is 433 g/mol. The van der Waals surface area contributed by atoms with Crippen LogP contribution in [0.2, 0.25) is 5.02 Å². The summed E-state index contributed by atoms with van der Waals surface area (Å²) >= 11 is 6.00. The van der Waals surface area contributed by atoms with Gasteiger partial charge in [0.15, 0.2) is 0 Å². The molecule has 1 N–H and O–H groups in total. The van der Waals surface area contributed by atoms with Crippen LogP contribution in [0, 0.1) is 6.92 Å². The van der Waals surface area contributed by atoms with E-state index in [9.17, 15) is 4.79 Å². The summed E-state index contributed by atoms with van der Waals surface area (Å²) in [7, 11) is 0. The van der Waals surface area contributed by atoms with Crippen LogP contribution in [0.4, 0.5) is 0 Å². The second-order valence-corrected chi connectivity index (χ2v) is 8.81. The van der Waals surface area contributed by atoms with Crippen LogP contribution in [0.25, 0.3) is 0 Å². The zero-order valence-electron chi connectivity index (χ0n) is 18.0. The number of amides is 1. The van der Waals surface area contributed by atoms with E-state index in [0.717, 1.165) is 48.6 Å². The number of nitrogens with one attached hydrogen (secondary N) is 1. The minimum Gasteiger partial charge on any atom is -0.348 e. The molecule has 31 heavy (non-hydrogen) atoms. The van der Waals surface area contributed by atoms with Crippen LogP contribution >= 0.6 is 11.6 Å². The van der Waals surface area contributed by atoms with Crippen molar-refractivity contribution in [3.8, 4) is 0 Å². The van der Waals surface area contributed by atoms with Crippen molar-refractivity contribution in [3.05, 3.63) is 106 Å². The molecule has 1 amide bonds. The van der Waals surface area contributed by atoms with Gasteiger partial charge >= 0.3 is 0 Å². The number of nitrogens with zero attached hydrogens (tertiary/aromatic N) is 1. The summed E-state index contributed by atoms with van der Waals surface area (Å²) in [6.45, 7) is 5.67. The fraction of sp³-hybridized carbons (Fsp3) is 0.296. The van der Waals surface area contributed by atoms with Gasteiger partial charge in [0.1, 0.15) is 0 Å². The molecule has 0 aromatic heterocycles. The summed E-state index contributed by atoms with van der Waals surface area (Å²) in [6, 6.07) is 24.4. The first-order chi connectivity index (χ1) is 15.1. The SMILES string of the molecule is Cc1ccccc1C(=O)NCc1ccccc1C1CCN(Cc2ccc(Cl)cc2)CC1. The van der Waals surface area contributed by atoms with Crippen molar-refractivity contribution < 1.29 is 4.79 Å². The normalized spacial score (nSPS) is 15.0. The van der Waals surface area contributed by atoms with Crippen LogP contribution in [0.15, 0.2) is 72.8 Å². The second kappa shape index (κ2) is 10.1. The van der Waals surface area contributed by atoms with Gasteiger partial charge in [0.25, 0.3) is 5.91 Å². The smallest absolute Gasteiger partial charge is 0.251 e. The van der Waals surface area contributed by atoms with Gasteiger partial charge in [0.05, 0.1) is 0 Å². The lowest BCUT2D eigenvalue weighted by atomic mass is 9.86. The number of piperidine rings is 1. The Balaban J connectivity index is 1.36. The van der Waals surface area contributed by atoms with E-state index in [1.807, 2.05) is 43.3 Å². The van der Waals surface area contributed by atoms with Crippen molar-refractivity contribution in [2.75, 3.05) is 13.1 Å². The van der Waals surface area contributed by atoms with Gasteiger partial charge in [-0.2, -0.15) is 0 Å². The zero-order valence-corrected chi connectivity index (χ0v) is 18.7. The van der Waals surface area contributed by atoms with Gasteiger partial charge in [-0.15, -0.1) is 0 Å². The summed E-state index contributed by atoms with van der Waals surface area (Å²) in [6.07, 6.45) is 2.27. The van der Waals surface area contributed by atoms with E-state index in [4.69, 9.17) is 11.6 Å². The molecule has 4 heteroatoms. The predicted molar refractivity (Wildman–Crippen MR) is 127 cm³/mol. The number of likely N-dealkylation sites (tertiary alicyclic amines) is 1. The van der Waals surface area contributed by atoms with Crippen molar-refractivity contribution in [1.82, 2.24) is 10.2 Å². The molecule has 1 fully saturated rings. The number of hydrogen-bond donors (Lipinski definition) is 1.